The molecule has 0 radical (unpaired) electrons. The van der Waals surface area contributed by atoms with Crippen molar-refractivity contribution in [2.75, 3.05) is 13.1 Å². The molecular formula is C21H24N6O4. The van der Waals surface area contributed by atoms with E-state index in [1.165, 1.54) is 10.9 Å². The lowest BCUT2D eigenvalue weighted by atomic mass is 10.2. The highest BCUT2D eigenvalue weighted by molar-refractivity contribution is 5.79. The zero-order chi connectivity index (χ0) is 21.9. The normalized spacial score (nSPS) is 22.6. The minimum atomic E-state index is -0.503. The van der Waals surface area contributed by atoms with Crippen molar-refractivity contribution in [1.82, 2.24) is 29.6 Å². The molecule has 0 bridgehead atoms. The van der Waals surface area contributed by atoms with Gasteiger partial charge in [-0.3, -0.25) is 14.3 Å². The van der Waals surface area contributed by atoms with Gasteiger partial charge in [-0.25, -0.2) is 9.78 Å². The topological polar surface area (TPSA) is 116 Å². The van der Waals surface area contributed by atoms with Crippen molar-refractivity contribution in [2.24, 2.45) is 11.8 Å². The van der Waals surface area contributed by atoms with Crippen LogP contribution in [0.5, 0.6) is 0 Å². The Bertz CT molecular complexity index is 1210. The van der Waals surface area contributed by atoms with E-state index in [-0.39, 0.29) is 24.1 Å². The van der Waals surface area contributed by atoms with Crippen molar-refractivity contribution in [3.63, 3.8) is 0 Å². The third kappa shape index (κ3) is 3.55. The number of rotatable bonds is 3. The number of aryl methyl sites for hydroxylation is 1. The Kier molecular flexibility index (Phi) is 4.35. The van der Waals surface area contributed by atoms with Crippen molar-refractivity contribution >= 4 is 17.0 Å². The average molecular weight is 424 g/mol. The number of fused-ring (bicyclic) bond motifs is 2. The number of nitrogens with zero attached hydrogens (tertiary/aromatic N) is 6. The number of carbonyl (C=O) groups excluding carboxylic acids is 1. The summed E-state index contributed by atoms with van der Waals surface area (Å²) in [6.07, 6.45) is 4.42. The van der Waals surface area contributed by atoms with E-state index in [0.717, 1.165) is 5.56 Å². The molecule has 4 heterocycles. The number of hydrogen-bond acceptors (Lipinski definition) is 8. The van der Waals surface area contributed by atoms with Crippen molar-refractivity contribution < 1.29 is 14.1 Å². The molecule has 0 N–H and O–H groups in total. The molecule has 0 aromatic carbocycles. The highest BCUT2D eigenvalue weighted by atomic mass is 16.6. The summed E-state index contributed by atoms with van der Waals surface area (Å²) in [5.41, 5.74) is 0.668. The summed E-state index contributed by atoms with van der Waals surface area (Å²) >= 11 is 0. The first-order valence-electron chi connectivity index (χ1n) is 10.3. The Morgan fingerprint density at radius 2 is 2.00 bits per heavy atom. The predicted molar refractivity (Wildman–Crippen MR) is 109 cm³/mol. The number of hydrogen-bond donors (Lipinski definition) is 0. The van der Waals surface area contributed by atoms with E-state index in [9.17, 15) is 9.59 Å². The van der Waals surface area contributed by atoms with Gasteiger partial charge in [0.2, 0.25) is 5.89 Å². The molecule has 10 nitrogen and oxygen atoms in total. The summed E-state index contributed by atoms with van der Waals surface area (Å²) in [5.74, 6) is 1.81. The van der Waals surface area contributed by atoms with Gasteiger partial charge in [-0.2, -0.15) is 4.98 Å². The summed E-state index contributed by atoms with van der Waals surface area (Å²) in [7, 11) is 0. The Balaban J connectivity index is 1.26. The first-order chi connectivity index (χ1) is 14.7. The third-order valence-electron chi connectivity index (χ3n) is 5.86. The SMILES string of the molecule is Cc1cncc2ncn(Cc3nc([C@H]4[C@@H]5CN(C(=O)OC(C)(C)C)C[C@@H]54)no3)c(=O)c12. The molecule has 162 valence electrons. The van der Waals surface area contributed by atoms with Gasteiger partial charge in [-0.15, -0.1) is 0 Å². The molecule has 2 aliphatic rings. The molecule has 3 atom stereocenters. The maximum absolute atomic E-state index is 12.8. The van der Waals surface area contributed by atoms with Crippen LogP contribution in [0.3, 0.4) is 0 Å². The molecule has 0 unspecified atom stereocenters. The van der Waals surface area contributed by atoms with E-state index in [1.807, 2.05) is 27.7 Å². The lowest BCUT2D eigenvalue weighted by molar-refractivity contribution is 0.0270. The predicted octanol–water partition coefficient (Wildman–Crippen LogP) is 2.11. The maximum Gasteiger partial charge on any atom is 0.410 e. The number of amides is 1. The zero-order valence-electron chi connectivity index (χ0n) is 17.9. The van der Waals surface area contributed by atoms with Crippen LogP contribution in [0.15, 0.2) is 28.0 Å². The van der Waals surface area contributed by atoms with Crippen molar-refractivity contribution in [2.45, 2.75) is 45.8 Å². The Morgan fingerprint density at radius 3 is 2.71 bits per heavy atom. The fraction of sp³-hybridized carbons (Fsp3) is 0.524. The fourth-order valence-electron chi connectivity index (χ4n) is 4.37. The van der Waals surface area contributed by atoms with E-state index < -0.39 is 5.60 Å². The van der Waals surface area contributed by atoms with Gasteiger partial charge < -0.3 is 14.2 Å². The largest absolute Gasteiger partial charge is 0.444 e. The van der Waals surface area contributed by atoms with Gasteiger partial charge in [-0.1, -0.05) is 5.16 Å². The summed E-state index contributed by atoms with van der Waals surface area (Å²) in [5, 5.41) is 4.67. The van der Waals surface area contributed by atoms with Gasteiger partial charge in [0, 0.05) is 25.2 Å². The Labute approximate surface area is 178 Å². The summed E-state index contributed by atoms with van der Waals surface area (Å²) in [6.45, 7) is 8.84. The molecule has 1 saturated carbocycles. The van der Waals surface area contributed by atoms with E-state index in [2.05, 4.69) is 20.1 Å². The molecule has 5 rings (SSSR count). The fourth-order valence-corrected chi connectivity index (χ4v) is 4.37. The van der Waals surface area contributed by atoms with Crippen LogP contribution in [0.25, 0.3) is 10.9 Å². The first kappa shape index (κ1) is 19.7. The van der Waals surface area contributed by atoms with E-state index in [1.54, 1.807) is 17.3 Å². The maximum atomic E-state index is 12.8. The lowest BCUT2D eigenvalue weighted by Gasteiger charge is -2.25. The Morgan fingerprint density at radius 1 is 1.26 bits per heavy atom. The highest BCUT2D eigenvalue weighted by Gasteiger charge is 2.59. The van der Waals surface area contributed by atoms with E-state index >= 15 is 0 Å². The first-order valence-corrected chi connectivity index (χ1v) is 10.3. The van der Waals surface area contributed by atoms with Crippen LogP contribution < -0.4 is 5.56 Å². The van der Waals surface area contributed by atoms with Crippen LogP contribution in [-0.2, 0) is 11.3 Å². The van der Waals surface area contributed by atoms with Crippen LogP contribution in [0.2, 0.25) is 0 Å². The molecule has 10 heteroatoms. The van der Waals surface area contributed by atoms with E-state index in [4.69, 9.17) is 9.26 Å². The van der Waals surface area contributed by atoms with Crippen LogP contribution in [0.4, 0.5) is 4.79 Å². The number of carbonyl (C=O) groups is 1. The van der Waals surface area contributed by atoms with Crippen molar-refractivity contribution in [3.05, 3.63) is 46.4 Å². The second-order valence-electron chi connectivity index (χ2n) is 9.31. The molecule has 0 spiro atoms. The Hall–Kier alpha value is -3.30. The van der Waals surface area contributed by atoms with E-state index in [0.29, 0.717) is 47.5 Å². The second kappa shape index (κ2) is 6.86. The molecule has 3 aromatic rings. The summed E-state index contributed by atoms with van der Waals surface area (Å²) in [4.78, 5) is 39.7. The van der Waals surface area contributed by atoms with Crippen LogP contribution in [0, 0.1) is 18.8 Å². The lowest BCUT2D eigenvalue weighted by Crippen LogP contribution is -2.36. The number of piperidine rings is 1. The smallest absolute Gasteiger partial charge is 0.410 e. The molecular weight excluding hydrogens is 400 g/mol. The number of aromatic nitrogens is 5. The minimum absolute atomic E-state index is 0.155. The van der Waals surface area contributed by atoms with Crippen LogP contribution in [-0.4, -0.2) is 54.4 Å². The number of likely N-dealkylation sites (tertiary alicyclic amines) is 1. The molecule has 1 aliphatic carbocycles. The third-order valence-corrected chi connectivity index (χ3v) is 5.86. The van der Waals surface area contributed by atoms with Gasteiger partial charge in [0.05, 0.1) is 23.4 Å². The molecule has 3 aromatic heterocycles. The zero-order valence-corrected chi connectivity index (χ0v) is 17.9. The standard InChI is InChI=1S/C21H24N6O4/c1-11-5-22-6-14-16(11)19(28)27(10-23-14)9-15-24-18(25-31-15)17-12-7-26(8-13(12)17)20(29)30-21(2,3)4/h5-6,10,12-13,17H,7-9H2,1-4H3/t12-,13+,17+. The molecule has 2 fully saturated rings. The molecule has 31 heavy (non-hydrogen) atoms. The second-order valence-corrected chi connectivity index (χ2v) is 9.31. The van der Waals surface area contributed by atoms with Gasteiger partial charge in [0.1, 0.15) is 12.1 Å². The van der Waals surface area contributed by atoms with Gasteiger partial charge in [0.15, 0.2) is 5.82 Å². The number of pyridine rings is 1. The quantitative estimate of drug-likeness (QED) is 0.628. The molecule has 1 aliphatic heterocycles. The monoisotopic (exact) mass is 424 g/mol. The summed E-state index contributed by atoms with van der Waals surface area (Å²) in [6, 6.07) is 0. The molecule has 1 saturated heterocycles. The van der Waals surface area contributed by atoms with Gasteiger partial charge >= 0.3 is 6.09 Å². The summed E-state index contributed by atoms with van der Waals surface area (Å²) < 4.78 is 12.3. The van der Waals surface area contributed by atoms with Crippen molar-refractivity contribution in [3.8, 4) is 0 Å². The van der Waals surface area contributed by atoms with Crippen LogP contribution >= 0.6 is 0 Å². The van der Waals surface area contributed by atoms with Gasteiger partial charge in [-0.05, 0) is 45.1 Å². The molecule has 1 amide bonds. The number of ether oxygens (including phenoxy) is 1. The minimum Gasteiger partial charge on any atom is -0.444 e. The highest BCUT2D eigenvalue weighted by Crippen LogP contribution is 2.57. The average Bonchev–Trinajstić information content (AvgIpc) is 3.05. The van der Waals surface area contributed by atoms with Crippen molar-refractivity contribution in [1.29, 1.82) is 0 Å². The van der Waals surface area contributed by atoms with Crippen LogP contribution in [0.1, 0.15) is 44.0 Å². The van der Waals surface area contributed by atoms with Gasteiger partial charge in [0.25, 0.3) is 5.56 Å².